The number of H-pyrrole nitrogens is 1. The second-order valence-electron chi connectivity index (χ2n) is 8.61. The van der Waals surface area contributed by atoms with Crippen LogP contribution in [0.4, 0.5) is 0 Å². The van der Waals surface area contributed by atoms with Gasteiger partial charge in [-0.25, -0.2) is 4.68 Å². The Morgan fingerprint density at radius 2 is 1.73 bits per heavy atom. The monoisotopic (exact) mass is 412 g/mol. The third-order valence-electron chi connectivity index (χ3n) is 5.55. The summed E-state index contributed by atoms with van der Waals surface area (Å²) >= 11 is 0. The number of pyridine rings is 1. The van der Waals surface area contributed by atoms with E-state index in [0.29, 0.717) is 28.4 Å². The molecule has 0 amide bonds. The van der Waals surface area contributed by atoms with Gasteiger partial charge in [0.05, 0.1) is 25.3 Å². The molecule has 160 valence electrons. The molecule has 0 spiro atoms. The highest BCUT2D eigenvalue weighted by molar-refractivity contribution is 5.83. The minimum absolute atomic E-state index is 0.157. The molecule has 0 saturated carbocycles. The number of tetrazole rings is 1. The van der Waals surface area contributed by atoms with Crippen molar-refractivity contribution in [2.45, 2.75) is 45.2 Å². The number of aromatic nitrogens is 5. The van der Waals surface area contributed by atoms with Gasteiger partial charge >= 0.3 is 0 Å². The number of benzene rings is 1. The average molecular weight is 412 g/mol. The highest BCUT2D eigenvalue weighted by Crippen LogP contribution is 2.34. The van der Waals surface area contributed by atoms with Crippen molar-refractivity contribution in [1.29, 1.82) is 0 Å². The van der Waals surface area contributed by atoms with Crippen LogP contribution in [0.5, 0.6) is 11.5 Å². The third-order valence-corrected chi connectivity index (χ3v) is 5.55. The SMILES string of the molecule is COc1cc2cc([C@H](c3nnnn3C(C)(C)C)N3CCCC3)c(=O)[nH]c2cc1OC. The van der Waals surface area contributed by atoms with Crippen LogP contribution in [0.15, 0.2) is 23.0 Å². The van der Waals surface area contributed by atoms with Gasteiger partial charge in [-0.3, -0.25) is 9.69 Å². The number of aromatic amines is 1. The zero-order valence-corrected chi connectivity index (χ0v) is 18.1. The largest absolute Gasteiger partial charge is 0.493 e. The van der Waals surface area contributed by atoms with Crippen molar-refractivity contribution in [3.63, 3.8) is 0 Å². The Bertz CT molecular complexity index is 1110. The van der Waals surface area contributed by atoms with E-state index in [9.17, 15) is 4.79 Å². The number of hydrogen-bond donors (Lipinski definition) is 1. The van der Waals surface area contributed by atoms with E-state index in [4.69, 9.17) is 9.47 Å². The van der Waals surface area contributed by atoms with Gasteiger partial charge in [-0.2, -0.15) is 0 Å². The summed E-state index contributed by atoms with van der Waals surface area (Å²) in [6.07, 6.45) is 2.17. The Morgan fingerprint density at radius 3 is 2.37 bits per heavy atom. The molecule has 0 bridgehead atoms. The van der Waals surface area contributed by atoms with Crippen LogP contribution < -0.4 is 15.0 Å². The maximum atomic E-state index is 13.2. The van der Waals surface area contributed by atoms with E-state index in [1.807, 2.05) is 16.8 Å². The van der Waals surface area contributed by atoms with E-state index in [1.165, 1.54) is 0 Å². The first-order valence-corrected chi connectivity index (χ1v) is 10.1. The van der Waals surface area contributed by atoms with Gasteiger partial charge in [0.15, 0.2) is 17.3 Å². The van der Waals surface area contributed by atoms with Gasteiger partial charge in [-0.05, 0) is 69.3 Å². The lowest BCUT2D eigenvalue weighted by molar-refractivity contribution is 0.241. The Hall–Kier alpha value is -2.94. The number of methoxy groups -OCH3 is 2. The van der Waals surface area contributed by atoms with Crippen LogP contribution >= 0.6 is 0 Å². The summed E-state index contributed by atoms with van der Waals surface area (Å²) < 4.78 is 12.6. The van der Waals surface area contributed by atoms with E-state index < -0.39 is 0 Å². The van der Waals surface area contributed by atoms with Crippen molar-refractivity contribution in [3.05, 3.63) is 39.9 Å². The Kier molecular flexibility index (Phi) is 5.23. The van der Waals surface area contributed by atoms with Gasteiger partial charge in [0, 0.05) is 17.0 Å². The van der Waals surface area contributed by atoms with E-state index in [2.05, 4.69) is 46.2 Å². The van der Waals surface area contributed by atoms with Gasteiger partial charge in [-0.1, -0.05) is 0 Å². The molecule has 1 aliphatic rings. The maximum Gasteiger partial charge on any atom is 0.253 e. The molecule has 1 aliphatic heterocycles. The molecule has 4 rings (SSSR count). The highest BCUT2D eigenvalue weighted by atomic mass is 16.5. The van der Waals surface area contributed by atoms with Crippen molar-refractivity contribution < 1.29 is 9.47 Å². The Balaban J connectivity index is 1.92. The van der Waals surface area contributed by atoms with Crippen molar-refractivity contribution in [2.75, 3.05) is 27.3 Å². The molecule has 1 N–H and O–H groups in total. The lowest BCUT2D eigenvalue weighted by Gasteiger charge is -2.29. The predicted molar refractivity (Wildman–Crippen MR) is 113 cm³/mol. The van der Waals surface area contributed by atoms with E-state index in [0.717, 1.165) is 31.3 Å². The van der Waals surface area contributed by atoms with Crippen LogP contribution in [0.1, 0.15) is 51.0 Å². The second-order valence-corrected chi connectivity index (χ2v) is 8.61. The molecule has 1 saturated heterocycles. The molecule has 9 nitrogen and oxygen atoms in total. The molecule has 1 fully saturated rings. The minimum Gasteiger partial charge on any atom is -0.493 e. The quantitative estimate of drug-likeness (QED) is 0.687. The summed E-state index contributed by atoms with van der Waals surface area (Å²) in [5, 5.41) is 13.4. The zero-order chi connectivity index (χ0) is 21.5. The molecule has 1 aromatic carbocycles. The fraction of sp³-hybridized carbons (Fsp3) is 0.524. The molecule has 9 heteroatoms. The second kappa shape index (κ2) is 7.71. The lowest BCUT2D eigenvalue weighted by atomic mass is 10.0. The summed E-state index contributed by atoms with van der Waals surface area (Å²) in [5.41, 5.74) is 0.848. The van der Waals surface area contributed by atoms with Crippen molar-refractivity contribution >= 4 is 10.9 Å². The summed E-state index contributed by atoms with van der Waals surface area (Å²) in [5.74, 6) is 1.86. The van der Waals surface area contributed by atoms with Crippen molar-refractivity contribution in [3.8, 4) is 11.5 Å². The predicted octanol–water partition coefficient (Wildman–Crippen LogP) is 2.47. The summed E-state index contributed by atoms with van der Waals surface area (Å²) in [6, 6.07) is 5.24. The number of rotatable bonds is 5. The normalized spacial score (nSPS) is 16.2. The Morgan fingerprint density at radius 1 is 1.07 bits per heavy atom. The number of nitrogens with one attached hydrogen (secondary N) is 1. The number of hydrogen-bond acceptors (Lipinski definition) is 7. The maximum absolute atomic E-state index is 13.2. The average Bonchev–Trinajstić information content (AvgIpc) is 3.40. The third kappa shape index (κ3) is 3.54. The van der Waals surface area contributed by atoms with E-state index >= 15 is 0 Å². The standard InChI is InChI=1S/C21H28N6O3/c1-21(2,3)27-19(23-24-25-27)18(26-8-6-7-9-26)14-10-13-11-16(29-4)17(30-5)12-15(13)22-20(14)28/h10-12,18H,6-9H2,1-5H3,(H,22,28)/t18-/m1/s1. The first-order valence-electron chi connectivity index (χ1n) is 10.1. The van der Waals surface area contributed by atoms with Gasteiger partial charge in [-0.15, -0.1) is 5.10 Å². The van der Waals surface area contributed by atoms with E-state index in [-0.39, 0.29) is 17.1 Å². The van der Waals surface area contributed by atoms with Crippen LogP contribution in [-0.2, 0) is 5.54 Å². The minimum atomic E-state index is -0.331. The molecule has 30 heavy (non-hydrogen) atoms. The summed E-state index contributed by atoms with van der Waals surface area (Å²) in [4.78, 5) is 18.5. The fourth-order valence-electron chi connectivity index (χ4n) is 4.09. The van der Waals surface area contributed by atoms with Crippen LogP contribution in [0.3, 0.4) is 0 Å². The van der Waals surface area contributed by atoms with Gasteiger partial charge in [0.25, 0.3) is 5.56 Å². The lowest BCUT2D eigenvalue weighted by Crippen LogP contribution is -2.36. The fourth-order valence-corrected chi connectivity index (χ4v) is 4.09. The van der Waals surface area contributed by atoms with Crippen LogP contribution in [0.2, 0.25) is 0 Å². The molecule has 0 aliphatic carbocycles. The number of ether oxygens (including phenoxy) is 2. The zero-order valence-electron chi connectivity index (χ0n) is 18.1. The molecule has 1 atom stereocenters. The molecular formula is C21H28N6O3. The van der Waals surface area contributed by atoms with Crippen molar-refractivity contribution in [1.82, 2.24) is 30.1 Å². The van der Waals surface area contributed by atoms with Gasteiger partial charge in [0.2, 0.25) is 0 Å². The van der Waals surface area contributed by atoms with Crippen LogP contribution in [-0.4, -0.2) is 57.4 Å². The summed E-state index contributed by atoms with van der Waals surface area (Å²) in [7, 11) is 3.17. The summed E-state index contributed by atoms with van der Waals surface area (Å²) in [6.45, 7) is 7.94. The number of nitrogens with zero attached hydrogens (tertiary/aromatic N) is 5. The number of likely N-dealkylation sites (tertiary alicyclic amines) is 1. The highest BCUT2D eigenvalue weighted by Gasteiger charge is 2.34. The molecule has 2 aromatic heterocycles. The van der Waals surface area contributed by atoms with Gasteiger partial charge in [0.1, 0.15) is 6.04 Å². The molecule has 0 radical (unpaired) electrons. The van der Waals surface area contributed by atoms with Gasteiger partial charge < -0.3 is 14.5 Å². The Labute approximate surface area is 175 Å². The smallest absolute Gasteiger partial charge is 0.253 e. The molecule has 3 heterocycles. The molecular weight excluding hydrogens is 384 g/mol. The van der Waals surface area contributed by atoms with Crippen LogP contribution in [0.25, 0.3) is 10.9 Å². The topological polar surface area (TPSA) is 98.2 Å². The van der Waals surface area contributed by atoms with E-state index in [1.54, 1.807) is 20.3 Å². The van der Waals surface area contributed by atoms with Crippen LogP contribution in [0, 0.1) is 0 Å². The van der Waals surface area contributed by atoms with Crippen molar-refractivity contribution in [2.24, 2.45) is 0 Å². The molecule has 3 aromatic rings. The molecule has 0 unspecified atom stereocenters. The number of fused-ring (bicyclic) bond motifs is 1. The first kappa shape index (κ1) is 20.3. The first-order chi connectivity index (χ1) is 14.3.